The van der Waals surface area contributed by atoms with E-state index in [0.29, 0.717) is 0 Å². The fourth-order valence-corrected chi connectivity index (χ4v) is 2.87. The number of aliphatic hydroxyl groups excluding tert-OH is 1. The molecule has 0 bridgehead atoms. The lowest BCUT2D eigenvalue weighted by Crippen LogP contribution is -1.90. The van der Waals surface area contributed by atoms with E-state index in [-0.39, 0.29) is 6.61 Å². The number of methoxy groups -OCH3 is 1. The summed E-state index contributed by atoms with van der Waals surface area (Å²) < 4.78 is 5.35. The number of nitrogens with zero attached hydrogens (tertiary/aromatic N) is 1. The Hall–Kier alpha value is -1.39. The van der Waals surface area contributed by atoms with Gasteiger partial charge in [0.25, 0.3) is 0 Å². The van der Waals surface area contributed by atoms with Gasteiger partial charge in [-0.05, 0) is 18.6 Å². The molecule has 0 atom stereocenters. The summed E-state index contributed by atoms with van der Waals surface area (Å²) in [6.45, 7) is 2.17. The summed E-state index contributed by atoms with van der Waals surface area (Å²) >= 11 is 1.54. The molecule has 0 aliphatic heterocycles. The average Bonchev–Trinajstić information content (AvgIpc) is 2.82. The molecule has 0 radical (unpaired) electrons. The van der Waals surface area contributed by atoms with Crippen LogP contribution < -0.4 is 4.74 Å². The highest BCUT2D eigenvalue weighted by atomic mass is 32.1. The Balaban J connectivity index is 2.44. The predicted octanol–water partition coefficient (Wildman–Crippen LogP) is 3.26. The minimum absolute atomic E-state index is 0.0577. The first-order valence-corrected chi connectivity index (χ1v) is 6.84. The maximum atomic E-state index is 9.37. The Morgan fingerprint density at radius 2 is 2.11 bits per heavy atom. The average molecular weight is 263 g/mol. The van der Waals surface area contributed by atoms with Crippen LogP contribution in [0.2, 0.25) is 0 Å². The van der Waals surface area contributed by atoms with Crippen molar-refractivity contribution in [2.45, 2.75) is 26.4 Å². The summed E-state index contributed by atoms with van der Waals surface area (Å²) in [6, 6.07) is 7.83. The van der Waals surface area contributed by atoms with Gasteiger partial charge in [-0.25, -0.2) is 4.98 Å². The van der Waals surface area contributed by atoms with Crippen molar-refractivity contribution in [2.24, 2.45) is 0 Å². The van der Waals surface area contributed by atoms with Gasteiger partial charge in [0, 0.05) is 0 Å². The topological polar surface area (TPSA) is 42.4 Å². The summed E-state index contributed by atoms with van der Waals surface area (Å²) in [5.74, 6) is 0.818. The van der Waals surface area contributed by atoms with Gasteiger partial charge >= 0.3 is 0 Å². The van der Waals surface area contributed by atoms with Gasteiger partial charge in [-0.3, -0.25) is 0 Å². The number of aliphatic hydroxyl groups is 1. The Kier molecular flexibility index (Phi) is 4.33. The maximum absolute atomic E-state index is 9.37. The molecule has 0 spiro atoms. The van der Waals surface area contributed by atoms with Crippen molar-refractivity contribution in [3.05, 3.63) is 34.8 Å². The Labute approximate surface area is 111 Å². The highest BCUT2D eigenvalue weighted by Gasteiger charge is 2.14. The van der Waals surface area contributed by atoms with Crippen molar-refractivity contribution in [3.8, 4) is 16.3 Å². The normalized spacial score (nSPS) is 10.6. The van der Waals surface area contributed by atoms with E-state index >= 15 is 0 Å². The smallest absolute Gasteiger partial charge is 0.129 e. The van der Waals surface area contributed by atoms with E-state index in [1.54, 1.807) is 18.4 Å². The van der Waals surface area contributed by atoms with Crippen LogP contribution in [0.25, 0.3) is 10.6 Å². The Bertz CT molecular complexity index is 522. The summed E-state index contributed by atoms with van der Waals surface area (Å²) in [6.07, 6.45) is 1.93. The van der Waals surface area contributed by atoms with Gasteiger partial charge in [-0.2, -0.15) is 0 Å². The minimum Gasteiger partial charge on any atom is -0.496 e. The molecule has 0 fully saturated rings. The summed E-state index contributed by atoms with van der Waals surface area (Å²) in [7, 11) is 1.66. The van der Waals surface area contributed by atoms with E-state index in [1.165, 1.54) is 0 Å². The number of ether oxygens (including phenoxy) is 1. The first kappa shape index (κ1) is 13.1. The lowest BCUT2D eigenvalue weighted by molar-refractivity contribution is 0.284. The highest BCUT2D eigenvalue weighted by molar-refractivity contribution is 7.15. The summed E-state index contributed by atoms with van der Waals surface area (Å²) in [4.78, 5) is 5.58. The second kappa shape index (κ2) is 5.98. The van der Waals surface area contributed by atoms with Crippen LogP contribution in [0.5, 0.6) is 5.75 Å². The van der Waals surface area contributed by atoms with Crippen molar-refractivity contribution < 1.29 is 9.84 Å². The highest BCUT2D eigenvalue weighted by Crippen LogP contribution is 2.34. The maximum Gasteiger partial charge on any atom is 0.129 e. The minimum atomic E-state index is 0.0577. The molecule has 1 aromatic heterocycles. The van der Waals surface area contributed by atoms with Gasteiger partial charge in [-0.1, -0.05) is 25.5 Å². The zero-order valence-electron chi connectivity index (χ0n) is 10.6. The molecule has 2 rings (SSSR count). The molecule has 1 heterocycles. The van der Waals surface area contributed by atoms with Crippen LogP contribution in [0.15, 0.2) is 24.3 Å². The molecule has 0 aliphatic rings. The predicted molar refractivity (Wildman–Crippen MR) is 74.0 cm³/mol. The molecule has 0 saturated heterocycles. The molecule has 2 aromatic rings. The number of benzene rings is 1. The van der Waals surface area contributed by atoms with Gasteiger partial charge in [-0.15, -0.1) is 11.3 Å². The van der Waals surface area contributed by atoms with E-state index in [9.17, 15) is 5.11 Å². The van der Waals surface area contributed by atoms with Crippen LogP contribution in [-0.2, 0) is 13.0 Å². The summed E-state index contributed by atoms with van der Waals surface area (Å²) in [5, 5.41) is 10.3. The van der Waals surface area contributed by atoms with Crippen LogP contribution in [-0.4, -0.2) is 17.2 Å². The van der Waals surface area contributed by atoms with Crippen LogP contribution in [0.3, 0.4) is 0 Å². The number of hydrogen-bond acceptors (Lipinski definition) is 4. The molecular weight excluding hydrogens is 246 g/mol. The first-order valence-electron chi connectivity index (χ1n) is 6.03. The molecule has 0 aliphatic carbocycles. The first-order chi connectivity index (χ1) is 8.80. The van der Waals surface area contributed by atoms with Crippen LogP contribution >= 0.6 is 11.3 Å². The van der Waals surface area contributed by atoms with Crippen molar-refractivity contribution in [1.29, 1.82) is 0 Å². The number of para-hydroxylation sites is 1. The Morgan fingerprint density at radius 3 is 2.78 bits per heavy atom. The van der Waals surface area contributed by atoms with Crippen molar-refractivity contribution >= 4 is 11.3 Å². The second-order valence-corrected chi connectivity index (χ2v) is 5.08. The zero-order valence-corrected chi connectivity index (χ0v) is 11.5. The third-order valence-corrected chi connectivity index (χ3v) is 3.86. The van der Waals surface area contributed by atoms with Crippen LogP contribution in [0.1, 0.15) is 23.9 Å². The van der Waals surface area contributed by atoms with Gasteiger partial charge in [0.2, 0.25) is 0 Å². The van der Waals surface area contributed by atoms with Crippen molar-refractivity contribution in [3.63, 3.8) is 0 Å². The quantitative estimate of drug-likeness (QED) is 0.900. The molecule has 3 nitrogen and oxygen atoms in total. The third kappa shape index (κ3) is 2.54. The largest absolute Gasteiger partial charge is 0.496 e. The van der Waals surface area contributed by atoms with Crippen LogP contribution in [0.4, 0.5) is 0 Å². The van der Waals surface area contributed by atoms with Crippen LogP contribution in [0, 0.1) is 0 Å². The molecule has 4 heteroatoms. The molecular formula is C14H17NO2S. The van der Waals surface area contributed by atoms with E-state index < -0.39 is 0 Å². The number of thiazole rings is 1. The fourth-order valence-electron chi connectivity index (χ4n) is 1.88. The van der Waals surface area contributed by atoms with Crippen molar-refractivity contribution in [1.82, 2.24) is 4.98 Å². The van der Waals surface area contributed by atoms with E-state index in [2.05, 4.69) is 11.9 Å². The van der Waals surface area contributed by atoms with Gasteiger partial charge in [0.1, 0.15) is 10.8 Å². The SMILES string of the molecule is CCCc1nc(-c2ccccc2OC)sc1CO. The van der Waals surface area contributed by atoms with Gasteiger partial charge < -0.3 is 9.84 Å². The van der Waals surface area contributed by atoms with Gasteiger partial charge in [0.15, 0.2) is 0 Å². The lowest BCUT2D eigenvalue weighted by atomic mass is 10.2. The number of rotatable bonds is 5. The van der Waals surface area contributed by atoms with Gasteiger partial charge in [0.05, 0.1) is 29.9 Å². The van der Waals surface area contributed by atoms with E-state index in [1.807, 2.05) is 24.3 Å². The zero-order chi connectivity index (χ0) is 13.0. The van der Waals surface area contributed by atoms with Crippen molar-refractivity contribution in [2.75, 3.05) is 7.11 Å². The fraction of sp³-hybridized carbons (Fsp3) is 0.357. The molecule has 0 unspecified atom stereocenters. The molecule has 96 valence electrons. The second-order valence-electron chi connectivity index (χ2n) is 4.00. The number of hydrogen-bond donors (Lipinski definition) is 1. The molecule has 0 saturated carbocycles. The third-order valence-electron chi connectivity index (χ3n) is 2.75. The standard InChI is InChI=1S/C14H17NO2S/c1-3-6-11-13(9-16)18-14(15-11)10-7-4-5-8-12(10)17-2/h4-5,7-8,16H,3,6,9H2,1-2H3. The molecule has 1 aromatic carbocycles. The van der Waals surface area contributed by atoms with E-state index in [4.69, 9.17) is 4.74 Å². The summed E-state index contributed by atoms with van der Waals surface area (Å²) in [5.41, 5.74) is 1.99. The molecule has 1 N–H and O–H groups in total. The monoisotopic (exact) mass is 263 g/mol. The Morgan fingerprint density at radius 1 is 1.33 bits per heavy atom. The lowest BCUT2D eigenvalue weighted by Gasteiger charge is -2.04. The number of aromatic nitrogens is 1. The number of aryl methyl sites for hydroxylation is 1. The van der Waals surface area contributed by atoms with E-state index in [0.717, 1.165) is 39.7 Å². The molecule has 18 heavy (non-hydrogen) atoms. The molecule has 0 amide bonds.